The van der Waals surface area contributed by atoms with Gasteiger partial charge in [-0.1, -0.05) is 16.8 Å². The Balaban J connectivity index is 2.66. The van der Waals surface area contributed by atoms with Crippen LogP contribution in [0, 0.1) is 6.92 Å². The number of rotatable bonds is 3. The Morgan fingerprint density at radius 1 is 1.47 bits per heavy atom. The summed E-state index contributed by atoms with van der Waals surface area (Å²) in [7, 11) is 1.40. The van der Waals surface area contributed by atoms with E-state index < -0.39 is 5.97 Å². The Morgan fingerprint density at radius 2 is 2.16 bits per heavy atom. The number of methoxy groups -OCH3 is 1. The molecule has 1 heterocycles. The molecule has 0 aliphatic rings. The van der Waals surface area contributed by atoms with Gasteiger partial charge in [0.05, 0.1) is 17.7 Å². The molecule has 100 valence electrons. The van der Waals surface area contributed by atoms with Crippen molar-refractivity contribution >= 4 is 17.6 Å². The molecule has 2 aromatic rings. The van der Waals surface area contributed by atoms with Crippen molar-refractivity contribution in [2.45, 2.75) is 6.92 Å². The number of aromatic nitrogens is 1. The number of phenols is 1. The van der Waals surface area contributed by atoms with Gasteiger partial charge in [0.2, 0.25) is 5.76 Å². The third-order valence-electron chi connectivity index (χ3n) is 2.58. The number of phenolic OH excluding ortho intramolecular Hbond substituents is 1. The van der Waals surface area contributed by atoms with Crippen molar-refractivity contribution in [3.8, 4) is 22.8 Å². The van der Waals surface area contributed by atoms with Gasteiger partial charge in [-0.3, -0.25) is 0 Å². The molecule has 0 fully saturated rings. The zero-order chi connectivity index (χ0) is 14.2. The van der Waals surface area contributed by atoms with Crippen LogP contribution in [0.5, 0.6) is 11.5 Å². The average molecular weight is 284 g/mol. The van der Waals surface area contributed by atoms with Crippen LogP contribution >= 0.6 is 11.6 Å². The highest BCUT2D eigenvalue weighted by atomic mass is 35.5. The molecule has 0 aliphatic heterocycles. The van der Waals surface area contributed by atoms with Crippen molar-refractivity contribution in [2.75, 3.05) is 7.11 Å². The Bertz CT molecular complexity index is 650. The maximum absolute atomic E-state index is 10.8. The van der Waals surface area contributed by atoms with E-state index in [2.05, 4.69) is 9.68 Å². The molecular weight excluding hydrogens is 274 g/mol. The molecule has 1 aromatic carbocycles. The number of benzene rings is 1. The van der Waals surface area contributed by atoms with Crippen LogP contribution in [0.3, 0.4) is 0 Å². The lowest BCUT2D eigenvalue weighted by atomic mass is 10.1. The summed E-state index contributed by atoms with van der Waals surface area (Å²) in [4.78, 5) is 10.8. The molecular formula is C12H10ClNO5. The van der Waals surface area contributed by atoms with Crippen molar-refractivity contribution < 1.29 is 24.3 Å². The highest BCUT2D eigenvalue weighted by Crippen LogP contribution is 2.43. The van der Waals surface area contributed by atoms with Gasteiger partial charge < -0.3 is 19.5 Å². The molecule has 0 atom stereocenters. The van der Waals surface area contributed by atoms with Crippen LogP contribution in [-0.2, 0) is 0 Å². The van der Waals surface area contributed by atoms with E-state index in [4.69, 9.17) is 21.4 Å². The first kappa shape index (κ1) is 13.2. The number of carboxylic acids is 1. The number of nitrogens with zero attached hydrogens (tertiary/aromatic N) is 1. The van der Waals surface area contributed by atoms with Gasteiger partial charge in [0.15, 0.2) is 11.5 Å². The minimum absolute atomic E-state index is 0.127. The van der Waals surface area contributed by atoms with E-state index in [0.29, 0.717) is 5.56 Å². The van der Waals surface area contributed by atoms with Gasteiger partial charge in [-0.05, 0) is 18.6 Å². The summed E-state index contributed by atoms with van der Waals surface area (Å²) in [5.74, 6) is -1.60. The fourth-order valence-corrected chi connectivity index (χ4v) is 1.88. The number of carboxylic acid groups (broad SMARTS) is 1. The second kappa shape index (κ2) is 4.81. The number of halogens is 1. The number of aryl methyl sites for hydroxylation is 1. The number of hydrogen-bond acceptors (Lipinski definition) is 5. The Morgan fingerprint density at radius 3 is 2.68 bits per heavy atom. The molecule has 2 rings (SSSR count). The Hall–Kier alpha value is -2.21. The second-order valence-corrected chi connectivity index (χ2v) is 4.19. The first-order valence-corrected chi connectivity index (χ1v) is 5.60. The minimum Gasteiger partial charge on any atom is -0.504 e. The molecule has 1 aromatic heterocycles. The summed E-state index contributed by atoms with van der Waals surface area (Å²) < 4.78 is 9.66. The predicted molar refractivity (Wildman–Crippen MR) is 66.9 cm³/mol. The van der Waals surface area contributed by atoms with Gasteiger partial charge in [-0.2, -0.15) is 0 Å². The summed E-state index contributed by atoms with van der Waals surface area (Å²) in [6.45, 7) is 1.73. The Kier molecular flexibility index (Phi) is 3.35. The van der Waals surface area contributed by atoms with E-state index in [-0.39, 0.29) is 33.5 Å². The van der Waals surface area contributed by atoms with E-state index in [1.165, 1.54) is 13.2 Å². The first-order chi connectivity index (χ1) is 8.95. The molecule has 0 bridgehead atoms. The van der Waals surface area contributed by atoms with Crippen LogP contribution < -0.4 is 4.74 Å². The summed E-state index contributed by atoms with van der Waals surface area (Å²) in [5, 5.41) is 22.7. The van der Waals surface area contributed by atoms with E-state index >= 15 is 0 Å². The molecule has 7 heteroatoms. The van der Waals surface area contributed by atoms with Crippen molar-refractivity contribution in [3.63, 3.8) is 0 Å². The molecule has 0 saturated carbocycles. The minimum atomic E-state index is -1.26. The maximum atomic E-state index is 10.8. The molecule has 0 unspecified atom stereocenters. The summed E-state index contributed by atoms with van der Waals surface area (Å²) >= 11 is 6.11. The van der Waals surface area contributed by atoms with Crippen molar-refractivity contribution in [2.24, 2.45) is 0 Å². The van der Waals surface area contributed by atoms with Crippen molar-refractivity contribution in [1.29, 1.82) is 0 Å². The summed E-state index contributed by atoms with van der Waals surface area (Å²) in [6, 6.07) is 2.75. The van der Waals surface area contributed by atoms with Gasteiger partial charge >= 0.3 is 5.97 Å². The molecule has 0 saturated heterocycles. The third-order valence-corrected chi connectivity index (χ3v) is 3.07. The number of aromatic hydroxyl groups is 1. The topological polar surface area (TPSA) is 92.8 Å². The molecule has 2 N–H and O–H groups in total. The number of hydrogen-bond donors (Lipinski definition) is 2. The summed E-state index contributed by atoms with van der Waals surface area (Å²) in [5.41, 5.74) is 0.961. The number of aromatic carboxylic acids is 1. The van der Waals surface area contributed by atoms with E-state index in [1.54, 1.807) is 13.0 Å². The molecule has 0 spiro atoms. The lowest BCUT2D eigenvalue weighted by Gasteiger charge is -2.11. The van der Waals surface area contributed by atoms with E-state index in [0.717, 1.165) is 0 Å². The first-order valence-electron chi connectivity index (χ1n) is 5.22. The highest BCUT2D eigenvalue weighted by Gasteiger charge is 2.21. The number of ether oxygens (including phenoxy) is 1. The second-order valence-electron chi connectivity index (χ2n) is 3.81. The van der Waals surface area contributed by atoms with Gasteiger partial charge in [-0.25, -0.2) is 4.79 Å². The van der Waals surface area contributed by atoms with Crippen LogP contribution in [-0.4, -0.2) is 28.4 Å². The van der Waals surface area contributed by atoms with Crippen LogP contribution in [0.4, 0.5) is 0 Å². The van der Waals surface area contributed by atoms with E-state index in [9.17, 15) is 9.90 Å². The number of carbonyl (C=O) groups is 1. The van der Waals surface area contributed by atoms with Gasteiger partial charge in [0.25, 0.3) is 0 Å². The van der Waals surface area contributed by atoms with Gasteiger partial charge in [0, 0.05) is 6.07 Å². The largest absolute Gasteiger partial charge is 0.504 e. The van der Waals surface area contributed by atoms with Crippen molar-refractivity contribution in [3.05, 3.63) is 28.5 Å². The van der Waals surface area contributed by atoms with Gasteiger partial charge in [0.1, 0.15) is 5.69 Å². The molecule has 0 amide bonds. The molecule has 6 nitrogen and oxygen atoms in total. The fourth-order valence-electron chi connectivity index (χ4n) is 1.64. The molecule has 0 radical (unpaired) electrons. The fraction of sp³-hybridized carbons (Fsp3) is 0.167. The van der Waals surface area contributed by atoms with Gasteiger partial charge in [-0.15, -0.1) is 0 Å². The van der Waals surface area contributed by atoms with Crippen LogP contribution in [0.2, 0.25) is 5.02 Å². The predicted octanol–water partition coefficient (Wildman–Crippen LogP) is 2.72. The zero-order valence-corrected chi connectivity index (χ0v) is 10.9. The quantitative estimate of drug-likeness (QED) is 0.899. The Labute approximate surface area is 113 Å². The highest BCUT2D eigenvalue weighted by molar-refractivity contribution is 6.34. The smallest absolute Gasteiger partial charge is 0.374 e. The normalized spacial score (nSPS) is 10.5. The molecule has 19 heavy (non-hydrogen) atoms. The maximum Gasteiger partial charge on any atom is 0.374 e. The van der Waals surface area contributed by atoms with Crippen LogP contribution in [0.15, 0.2) is 16.7 Å². The van der Waals surface area contributed by atoms with Crippen molar-refractivity contribution in [1.82, 2.24) is 5.16 Å². The molecule has 0 aliphatic carbocycles. The standard InChI is InChI=1S/C12H10ClNO5/c1-5-3-7(18-2)11(15)9(10(5)13)6-4-8(12(16)17)19-14-6/h3-4,15H,1-2H3,(H,16,17). The summed E-state index contributed by atoms with van der Waals surface area (Å²) in [6.07, 6.45) is 0. The SMILES string of the molecule is COc1cc(C)c(Cl)c(-c2cc(C(=O)O)on2)c1O. The lowest BCUT2D eigenvalue weighted by Crippen LogP contribution is -1.92. The van der Waals surface area contributed by atoms with Crippen LogP contribution in [0.25, 0.3) is 11.3 Å². The third kappa shape index (κ3) is 2.22. The van der Waals surface area contributed by atoms with Crippen LogP contribution in [0.1, 0.15) is 16.1 Å². The lowest BCUT2D eigenvalue weighted by molar-refractivity contribution is 0.0652. The zero-order valence-electron chi connectivity index (χ0n) is 10.1. The van der Waals surface area contributed by atoms with E-state index in [1.807, 2.05) is 0 Å². The average Bonchev–Trinajstić information content (AvgIpc) is 2.83. The monoisotopic (exact) mass is 283 g/mol.